The van der Waals surface area contributed by atoms with Crippen molar-refractivity contribution in [1.29, 1.82) is 0 Å². The zero-order valence-corrected chi connectivity index (χ0v) is 14.2. The zero-order chi connectivity index (χ0) is 15.6. The van der Waals surface area contributed by atoms with Crippen molar-refractivity contribution in [3.05, 3.63) is 16.8 Å². The topological polar surface area (TPSA) is 58.3 Å². The van der Waals surface area contributed by atoms with Crippen molar-refractivity contribution in [3.8, 4) is 0 Å². The Morgan fingerprint density at radius 1 is 1.43 bits per heavy atom. The third-order valence-corrected chi connectivity index (χ3v) is 4.64. The predicted molar refractivity (Wildman–Crippen MR) is 90.9 cm³/mol. The first-order valence-electron chi connectivity index (χ1n) is 7.54. The third kappa shape index (κ3) is 3.32. The fourth-order valence-corrected chi connectivity index (χ4v) is 3.32. The second-order valence-corrected chi connectivity index (χ2v) is 6.22. The van der Waals surface area contributed by atoms with E-state index in [4.69, 9.17) is 18.0 Å². The monoisotopic (exact) mass is 307 g/mol. The quantitative estimate of drug-likeness (QED) is 0.835. The van der Waals surface area contributed by atoms with Crippen molar-refractivity contribution in [2.45, 2.75) is 39.7 Å². The molecule has 1 atom stereocenters. The van der Waals surface area contributed by atoms with Crippen molar-refractivity contribution >= 4 is 23.0 Å². The van der Waals surface area contributed by atoms with Crippen molar-refractivity contribution in [2.75, 3.05) is 31.6 Å². The van der Waals surface area contributed by atoms with Crippen LogP contribution >= 0.6 is 12.2 Å². The number of nitrogens with two attached hydrogens (primary N) is 1. The second kappa shape index (κ2) is 6.66. The van der Waals surface area contributed by atoms with E-state index in [1.807, 2.05) is 20.9 Å². The second-order valence-electron chi connectivity index (χ2n) is 5.78. The number of thiocarbonyl (C=S) groups is 1. The van der Waals surface area contributed by atoms with E-state index in [2.05, 4.69) is 26.9 Å². The summed E-state index contributed by atoms with van der Waals surface area (Å²) in [6.07, 6.45) is 2.51. The standard InChI is InChI=1S/C15H25N5S/c1-5-20-8-6-7-12(20)9-19(4)15-13(14(16)21)10(2)11(3)17-18-15/h12H,5-9H2,1-4H3,(H2,16,21). The largest absolute Gasteiger partial charge is 0.389 e. The van der Waals surface area contributed by atoms with Crippen molar-refractivity contribution in [2.24, 2.45) is 5.73 Å². The summed E-state index contributed by atoms with van der Waals surface area (Å²) < 4.78 is 0. The lowest BCUT2D eigenvalue weighted by Crippen LogP contribution is -2.39. The van der Waals surface area contributed by atoms with E-state index in [0.717, 1.165) is 35.7 Å². The molecule has 1 unspecified atom stereocenters. The van der Waals surface area contributed by atoms with E-state index in [9.17, 15) is 0 Å². The highest BCUT2D eigenvalue weighted by atomic mass is 32.1. The number of rotatable bonds is 5. The molecule has 1 saturated heterocycles. The van der Waals surface area contributed by atoms with Gasteiger partial charge in [-0.25, -0.2) is 0 Å². The molecule has 1 aliphatic rings. The molecule has 0 aromatic carbocycles. The molecule has 2 rings (SSSR count). The average molecular weight is 307 g/mol. The average Bonchev–Trinajstić information content (AvgIpc) is 2.88. The minimum atomic E-state index is 0.395. The molecule has 5 nitrogen and oxygen atoms in total. The highest BCUT2D eigenvalue weighted by molar-refractivity contribution is 7.80. The highest BCUT2D eigenvalue weighted by Gasteiger charge is 2.26. The molecule has 1 aromatic rings. The van der Waals surface area contributed by atoms with E-state index in [0.29, 0.717) is 11.0 Å². The first-order valence-corrected chi connectivity index (χ1v) is 7.95. The number of aromatic nitrogens is 2. The van der Waals surface area contributed by atoms with Crippen LogP contribution in [0.4, 0.5) is 5.82 Å². The molecule has 2 heterocycles. The van der Waals surface area contributed by atoms with Gasteiger partial charge in [0.2, 0.25) is 0 Å². The van der Waals surface area contributed by atoms with Gasteiger partial charge in [-0.2, -0.15) is 5.10 Å². The lowest BCUT2D eigenvalue weighted by atomic mass is 10.1. The number of nitrogens with zero attached hydrogens (tertiary/aromatic N) is 4. The molecule has 2 N–H and O–H groups in total. The van der Waals surface area contributed by atoms with E-state index in [1.54, 1.807) is 0 Å². The number of anilines is 1. The van der Waals surface area contributed by atoms with Crippen LogP contribution in [0.5, 0.6) is 0 Å². The lowest BCUT2D eigenvalue weighted by Gasteiger charge is -2.29. The predicted octanol–water partition coefficient (Wildman–Crippen LogP) is 1.65. The molecule has 0 bridgehead atoms. The van der Waals surface area contributed by atoms with Crippen LogP contribution in [0.15, 0.2) is 0 Å². The van der Waals surface area contributed by atoms with Gasteiger partial charge in [0.1, 0.15) is 4.99 Å². The number of likely N-dealkylation sites (tertiary alicyclic amines) is 1. The number of hydrogen-bond donors (Lipinski definition) is 1. The van der Waals surface area contributed by atoms with Crippen LogP contribution in [0.3, 0.4) is 0 Å². The Morgan fingerprint density at radius 3 is 2.76 bits per heavy atom. The summed E-state index contributed by atoms with van der Waals surface area (Å²) in [6, 6.07) is 0.572. The summed E-state index contributed by atoms with van der Waals surface area (Å²) >= 11 is 5.22. The van der Waals surface area contributed by atoms with Gasteiger partial charge in [0, 0.05) is 19.6 Å². The van der Waals surface area contributed by atoms with Crippen LogP contribution < -0.4 is 10.6 Å². The third-order valence-electron chi connectivity index (χ3n) is 4.43. The molecule has 116 valence electrons. The Labute approximate surface area is 132 Å². The van der Waals surface area contributed by atoms with E-state index >= 15 is 0 Å². The molecule has 6 heteroatoms. The van der Waals surface area contributed by atoms with Crippen LogP contribution in [0, 0.1) is 13.8 Å². The fraction of sp³-hybridized carbons (Fsp3) is 0.667. The van der Waals surface area contributed by atoms with Gasteiger partial charge in [-0.05, 0) is 45.3 Å². The maximum absolute atomic E-state index is 5.91. The smallest absolute Gasteiger partial charge is 0.161 e. The summed E-state index contributed by atoms with van der Waals surface area (Å²) in [5, 5.41) is 8.58. The van der Waals surface area contributed by atoms with Gasteiger partial charge in [0.05, 0.1) is 11.3 Å². The molecule has 0 aliphatic carbocycles. The molecule has 0 spiro atoms. The van der Waals surface area contributed by atoms with Crippen LogP contribution in [0.2, 0.25) is 0 Å². The zero-order valence-electron chi connectivity index (χ0n) is 13.4. The SMILES string of the molecule is CCN1CCCC1CN(C)c1nnc(C)c(C)c1C(N)=S. The fourth-order valence-electron chi connectivity index (χ4n) is 3.08. The highest BCUT2D eigenvalue weighted by Crippen LogP contribution is 2.24. The first kappa shape index (κ1) is 16.1. The number of likely N-dealkylation sites (N-methyl/N-ethyl adjacent to an activating group) is 2. The van der Waals surface area contributed by atoms with Gasteiger partial charge in [0.25, 0.3) is 0 Å². The summed E-state index contributed by atoms with van der Waals surface area (Å²) in [5.74, 6) is 0.800. The molecular weight excluding hydrogens is 282 g/mol. The maximum Gasteiger partial charge on any atom is 0.161 e. The van der Waals surface area contributed by atoms with E-state index in [-0.39, 0.29) is 0 Å². The maximum atomic E-state index is 5.91. The molecule has 1 aliphatic heterocycles. The van der Waals surface area contributed by atoms with Crippen molar-refractivity contribution in [1.82, 2.24) is 15.1 Å². The molecule has 0 saturated carbocycles. The number of hydrogen-bond acceptors (Lipinski definition) is 5. The first-order chi connectivity index (χ1) is 9.95. The van der Waals surface area contributed by atoms with Crippen LogP contribution in [-0.2, 0) is 0 Å². The van der Waals surface area contributed by atoms with Crippen LogP contribution in [-0.4, -0.2) is 52.8 Å². The molecule has 21 heavy (non-hydrogen) atoms. The summed E-state index contributed by atoms with van der Waals surface area (Å²) in [7, 11) is 2.05. The molecule has 1 fully saturated rings. The van der Waals surface area contributed by atoms with E-state index in [1.165, 1.54) is 19.4 Å². The Morgan fingerprint density at radius 2 is 2.14 bits per heavy atom. The Hall–Kier alpha value is -1.27. The van der Waals surface area contributed by atoms with Gasteiger partial charge >= 0.3 is 0 Å². The van der Waals surface area contributed by atoms with Gasteiger partial charge in [-0.3, -0.25) is 4.90 Å². The minimum Gasteiger partial charge on any atom is -0.389 e. The normalized spacial score (nSPS) is 19.0. The minimum absolute atomic E-state index is 0.395. The number of aryl methyl sites for hydroxylation is 1. The summed E-state index contributed by atoms with van der Waals surface area (Å²) in [6.45, 7) is 9.37. The lowest BCUT2D eigenvalue weighted by molar-refractivity contribution is 0.270. The Kier molecular flexibility index (Phi) is 5.11. The van der Waals surface area contributed by atoms with Gasteiger partial charge in [-0.1, -0.05) is 19.1 Å². The Bertz CT molecular complexity index is 531. The van der Waals surface area contributed by atoms with Crippen molar-refractivity contribution in [3.63, 3.8) is 0 Å². The molecule has 0 radical (unpaired) electrons. The van der Waals surface area contributed by atoms with Gasteiger partial charge in [0.15, 0.2) is 5.82 Å². The van der Waals surface area contributed by atoms with Crippen molar-refractivity contribution < 1.29 is 0 Å². The molecular formula is C15H25N5S. The summed E-state index contributed by atoms with van der Waals surface area (Å²) in [5.41, 5.74) is 8.68. The van der Waals surface area contributed by atoms with E-state index < -0.39 is 0 Å². The van der Waals surface area contributed by atoms with Gasteiger partial charge < -0.3 is 10.6 Å². The summed E-state index contributed by atoms with van der Waals surface area (Å²) in [4.78, 5) is 5.06. The van der Waals surface area contributed by atoms with Crippen LogP contribution in [0.25, 0.3) is 0 Å². The Balaban J connectivity index is 2.25. The molecule has 1 aromatic heterocycles. The molecule has 0 amide bonds. The van der Waals surface area contributed by atoms with Gasteiger partial charge in [-0.15, -0.1) is 5.10 Å². The van der Waals surface area contributed by atoms with Crippen LogP contribution in [0.1, 0.15) is 36.6 Å².